The maximum atomic E-state index is 11.1. The summed E-state index contributed by atoms with van der Waals surface area (Å²) < 4.78 is 0. The van der Waals surface area contributed by atoms with Crippen molar-refractivity contribution in [2.45, 2.75) is 0 Å². The molecule has 1 aromatic rings. The summed E-state index contributed by atoms with van der Waals surface area (Å²) in [5, 5.41) is 0.346. The monoisotopic (exact) mass is 231 g/mol. The summed E-state index contributed by atoms with van der Waals surface area (Å²) in [6.07, 6.45) is 0. The Bertz CT molecular complexity index is 375. The van der Waals surface area contributed by atoms with Crippen LogP contribution in [-0.4, -0.2) is 34.6 Å². The molecule has 0 unspecified atom stereocenters. The van der Waals surface area contributed by atoms with Crippen molar-refractivity contribution in [1.82, 2.24) is 9.97 Å². The zero-order valence-electron chi connectivity index (χ0n) is 7.49. The molecule has 0 radical (unpaired) electrons. The normalized spacial score (nSPS) is 17.1. The number of hydrogen-bond acceptors (Lipinski definition) is 4. The van der Waals surface area contributed by atoms with Crippen LogP contribution >= 0.6 is 23.4 Å². The summed E-state index contributed by atoms with van der Waals surface area (Å²) in [4.78, 5) is 19.4. The van der Waals surface area contributed by atoms with E-state index >= 15 is 0 Å². The number of nitrogens with zero attached hydrogens (tertiary/aromatic N) is 2. The number of halogens is 1. The van der Waals surface area contributed by atoms with Crippen LogP contribution in [0.15, 0.2) is 10.9 Å². The van der Waals surface area contributed by atoms with Gasteiger partial charge in [0.15, 0.2) is 0 Å². The maximum Gasteiger partial charge on any atom is 0.348 e. The van der Waals surface area contributed by atoms with Gasteiger partial charge in [0.2, 0.25) is 0 Å². The van der Waals surface area contributed by atoms with E-state index in [0.29, 0.717) is 11.0 Å². The van der Waals surface area contributed by atoms with Gasteiger partial charge in [0.1, 0.15) is 11.0 Å². The molecular formula is C8H10ClN3OS. The first kappa shape index (κ1) is 9.86. The van der Waals surface area contributed by atoms with Gasteiger partial charge in [-0.3, -0.25) is 4.98 Å². The van der Waals surface area contributed by atoms with Gasteiger partial charge in [-0.15, -0.1) is 0 Å². The van der Waals surface area contributed by atoms with Crippen LogP contribution < -0.4 is 10.6 Å². The van der Waals surface area contributed by atoms with Crippen LogP contribution in [0.2, 0.25) is 5.15 Å². The highest BCUT2D eigenvalue weighted by molar-refractivity contribution is 7.99. The molecule has 2 heterocycles. The van der Waals surface area contributed by atoms with Crippen LogP contribution in [0.1, 0.15) is 0 Å². The number of anilines is 1. The minimum atomic E-state index is -0.384. The molecule has 4 nitrogen and oxygen atoms in total. The van der Waals surface area contributed by atoms with E-state index < -0.39 is 0 Å². The molecule has 14 heavy (non-hydrogen) atoms. The molecule has 0 aliphatic carbocycles. The predicted octanol–water partition coefficient (Wildman–Crippen LogP) is 0.976. The lowest BCUT2D eigenvalue weighted by atomic mass is 10.4. The largest absolute Gasteiger partial charge is 0.355 e. The Morgan fingerprint density at radius 1 is 1.50 bits per heavy atom. The second-order valence-corrected chi connectivity index (χ2v) is 4.62. The molecule has 1 fully saturated rings. The topological polar surface area (TPSA) is 49.0 Å². The highest BCUT2D eigenvalue weighted by Crippen LogP contribution is 2.17. The van der Waals surface area contributed by atoms with Crippen molar-refractivity contribution in [3.05, 3.63) is 21.7 Å². The molecule has 1 saturated heterocycles. The zero-order chi connectivity index (χ0) is 9.97. The van der Waals surface area contributed by atoms with E-state index in [9.17, 15) is 4.79 Å². The summed E-state index contributed by atoms with van der Waals surface area (Å²) in [5.74, 6) is 2.83. The van der Waals surface area contributed by atoms with E-state index in [1.54, 1.807) is 6.07 Å². The SMILES string of the molecule is O=c1nc(N2CCSCC2)cc(Cl)[nH]1. The van der Waals surface area contributed by atoms with E-state index in [0.717, 1.165) is 24.6 Å². The third-order valence-electron chi connectivity index (χ3n) is 2.03. The van der Waals surface area contributed by atoms with Crippen molar-refractivity contribution in [3.63, 3.8) is 0 Å². The molecule has 1 N–H and O–H groups in total. The Kier molecular flexibility index (Phi) is 2.98. The fraction of sp³-hybridized carbons (Fsp3) is 0.500. The molecule has 0 aromatic carbocycles. The number of H-pyrrole nitrogens is 1. The van der Waals surface area contributed by atoms with Gasteiger partial charge in [0.25, 0.3) is 0 Å². The Balaban J connectivity index is 2.26. The van der Waals surface area contributed by atoms with Crippen molar-refractivity contribution >= 4 is 29.2 Å². The number of aromatic amines is 1. The molecule has 6 heteroatoms. The average molecular weight is 232 g/mol. The summed E-state index contributed by atoms with van der Waals surface area (Å²) in [7, 11) is 0. The smallest absolute Gasteiger partial charge is 0.348 e. The second-order valence-electron chi connectivity index (χ2n) is 2.99. The van der Waals surface area contributed by atoms with Crippen molar-refractivity contribution in [3.8, 4) is 0 Å². The second kappa shape index (κ2) is 4.23. The van der Waals surface area contributed by atoms with Crippen LogP contribution in [0.5, 0.6) is 0 Å². The van der Waals surface area contributed by atoms with Crippen molar-refractivity contribution in [1.29, 1.82) is 0 Å². The van der Waals surface area contributed by atoms with Crippen LogP contribution in [-0.2, 0) is 0 Å². The van der Waals surface area contributed by atoms with Crippen LogP contribution in [0.4, 0.5) is 5.82 Å². The molecule has 0 atom stereocenters. The first-order chi connectivity index (χ1) is 6.75. The lowest BCUT2D eigenvalue weighted by molar-refractivity contribution is 0.828. The fourth-order valence-corrected chi connectivity index (χ4v) is 2.45. The number of hydrogen-bond donors (Lipinski definition) is 1. The van der Waals surface area contributed by atoms with Crippen LogP contribution in [0.25, 0.3) is 0 Å². The van der Waals surface area contributed by atoms with Gasteiger partial charge in [-0.1, -0.05) is 11.6 Å². The molecule has 2 rings (SSSR count). The quantitative estimate of drug-likeness (QED) is 0.732. The molecular weight excluding hydrogens is 222 g/mol. The van der Waals surface area contributed by atoms with E-state index in [2.05, 4.69) is 14.9 Å². The summed E-state index contributed by atoms with van der Waals surface area (Å²) in [6, 6.07) is 1.69. The lowest BCUT2D eigenvalue weighted by Gasteiger charge is -2.26. The van der Waals surface area contributed by atoms with Gasteiger partial charge in [0, 0.05) is 30.7 Å². The lowest BCUT2D eigenvalue weighted by Crippen LogP contribution is -2.34. The van der Waals surface area contributed by atoms with Gasteiger partial charge >= 0.3 is 5.69 Å². The third kappa shape index (κ3) is 2.22. The molecule has 76 valence electrons. The van der Waals surface area contributed by atoms with E-state index in [1.807, 2.05) is 11.8 Å². The van der Waals surface area contributed by atoms with E-state index in [1.165, 1.54) is 0 Å². The van der Waals surface area contributed by atoms with Crippen molar-refractivity contribution < 1.29 is 0 Å². The Labute approximate surface area is 90.7 Å². The van der Waals surface area contributed by atoms with Crippen molar-refractivity contribution in [2.75, 3.05) is 29.5 Å². The number of thioether (sulfide) groups is 1. The van der Waals surface area contributed by atoms with Crippen molar-refractivity contribution in [2.24, 2.45) is 0 Å². The first-order valence-corrected chi connectivity index (χ1v) is 5.88. The Morgan fingerprint density at radius 2 is 2.21 bits per heavy atom. The Morgan fingerprint density at radius 3 is 2.86 bits per heavy atom. The van der Waals surface area contributed by atoms with E-state index in [-0.39, 0.29) is 5.69 Å². The summed E-state index contributed by atoms with van der Waals surface area (Å²) >= 11 is 7.66. The summed E-state index contributed by atoms with van der Waals surface area (Å²) in [5.41, 5.74) is -0.384. The molecule has 1 aliphatic rings. The number of rotatable bonds is 1. The third-order valence-corrected chi connectivity index (χ3v) is 3.18. The molecule has 0 saturated carbocycles. The standard InChI is InChI=1S/C8H10ClN3OS/c9-6-5-7(11-8(13)10-6)12-1-3-14-4-2-12/h5H,1-4H2,(H,10,11,13). The van der Waals surface area contributed by atoms with Gasteiger partial charge in [-0.25, -0.2) is 4.79 Å². The highest BCUT2D eigenvalue weighted by atomic mass is 35.5. The predicted molar refractivity (Wildman–Crippen MR) is 59.4 cm³/mol. The van der Waals surface area contributed by atoms with Crippen LogP contribution in [0.3, 0.4) is 0 Å². The molecule has 0 spiro atoms. The molecule has 1 aromatic heterocycles. The van der Waals surface area contributed by atoms with Gasteiger partial charge in [0.05, 0.1) is 0 Å². The number of nitrogens with one attached hydrogen (secondary N) is 1. The zero-order valence-corrected chi connectivity index (χ0v) is 9.07. The minimum Gasteiger partial charge on any atom is -0.355 e. The Hall–Kier alpha value is -0.680. The van der Waals surface area contributed by atoms with Gasteiger partial charge < -0.3 is 4.90 Å². The molecule has 0 bridgehead atoms. The number of aromatic nitrogens is 2. The fourth-order valence-electron chi connectivity index (χ4n) is 1.37. The minimum absolute atomic E-state index is 0.346. The maximum absolute atomic E-state index is 11.1. The van der Waals surface area contributed by atoms with E-state index in [4.69, 9.17) is 11.6 Å². The molecule has 0 amide bonds. The van der Waals surface area contributed by atoms with Gasteiger partial charge in [-0.05, 0) is 0 Å². The molecule has 1 aliphatic heterocycles. The first-order valence-electron chi connectivity index (χ1n) is 4.35. The average Bonchev–Trinajstić information content (AvgIpc) is 2.18. The van der Waals surface area contributed by atoms with Crippen LogP contribution in [0, 0.1) is 0 Å². The summed E-state index contributed by atoms with van der Waals surface area (Å²) in [6.45, 7) is 1.86. The highest BCUT2D eigenvalue weighted by Gasteiger charge is 2.13. The van der Waals surface area contributed by atoms with Gasteiger partial charge in [-0.2, -0.15) is 16.7 Å².